The predicted octanol–water partition coefficient (Wildman–Crippen LogP) is 4.22. The summed E-state index contributed by atoms with van der Waals surface area (Å²) >= 11 is 0. The van der Waals surface area contributed by atoms with Crippen LogP contribution in [0.1, 0.15) is 18.4 Å². The van der Waals surface area contributed by atoms with Gasteiger partial charge in [-0.05, 0) is 30.5 Å². The van der Waals surface area contributed by atoms with Crippen LogP contribution in [0.15, 0.2) is 72.8 Å². The second-order valence-electron chi connectivity index (χ2n) is 6.85. The van der Waals surface area contributed by atoms with Crippen LogP contribution in [0.3, 0.4) is 0 Å². The number of rotatable bonds is 5. The molecule has 4 rings (SSSR count). The molecule has 1 N–H and O–H groups in total. The van der Waals surface area contributed by atoms with E-state index in [0.717, 1.165) is 49.6 Å². The van der Waals surface area contributed by atoms with Crippen LogP contribution in [0.2, 0.25) is 0 Å². The third kappa shape index (κ3) is 4.27. The first kappa shape index (κ1) is 16.7. The monoisotopic (exact) mass is 344 g/mol. The number of hydrogen-bond donors (Lipinski definition) is 1. The molecule has 1 aliphatic heterocycles. The Morgan fingerprint density at radius 1 is 0.808 bits per heavy atom. The Morgan fingerprint density at radius 3 is 2.15 bits per heavy atom. The Labute approximate surface area is 154 Å². The molecule has 0 radical (unpaired) electrons. The molecule has 4 nitrogen and oxygen atoms in total. The van der Waals surface area contributed by atoms with Gasteiger partial charge in [-0.1, -0.05) is 60.7 Å². The van der Waals surface area contributed by atoms with Gasteiger partial charge in [0.15, 0.2) is 0 Å². The van der Waals surface area contributed by atoms with Crippen LogP contribution in [0.4, 0.5) is 5.82 Å². The Morgan fingerprint density at radius 2 is 1.50 bits per heavy atom. The summed E-state index contributed by atoms with van der Waals surface area (Å²) in [6.07, 6.45) is 2.27. The van der Waals surface area contributed by atoms with Gasteiger partial charge in [-0.25, -0.2) is 0 Å². The molecule has 4 heteroatoms. The number of nitrogens with one attached hydrogen (secondary N) is 1. The van der Waals surface area contributed by atoms with E-state index in [1.54, 1.807) is 0 Å². The zero-order valence-corrected chi connectivity index (χ0v) is 14.9. The average Bonchev–Trinajstić information content (AvgIpc) is 2.72. The van der Waals surface area contributed by atoms with E-state index in [1.165, 1.54) is 5.56 Å². The Balaban J connectivity index is 1.29. The van der Waals surface area contributed by atoms with Gasteiger partial charge in [0.1, 0.15) is 5.82 Å². The lowest BCUT2D eigenvalue weighted by molar-refractivity contribution is 0.211. The highest BCUT2D eigenvalue weighted by Gasteiger charge is 2.19. The Kier molecular flexibility index (Phi) is 5.22. The molecule has 0 spiro atoms. The summed E-state index contributed by atoms with van der Waals surface area (Å²) < 4.78 is 0. The van der Waals surface area contributed by atoms with Gasteiger partial charge in [0.2, 0.25) is 0 Å². The quantitative estimate of drug-likeness (QED) is 0.752. The fourth-order valence-electron chi connectivity index (χ4n) is 3.46. The Bertz CT molecular complexity index is 795. The van der Waals surface area contributed by atoms with Gasteiger partial charge in [-0.2, -0.15) is 0 Å². The number of hydrogen-bond acceptors (Lipinski definition) is 4. The maximum Gasteiger partial charge on any atom is 0.148 e. The molecule has 1 fully saturated rings. The number of anilines is 1. The van der Waals surface area contributed by atoms with Gasteiger partial charge in [-0.3, -0.25) is 4.90 Å². The normalized spacial score (nSPS) is 15.7. The highest BCUT2D eigenvalue weighted by molar-refractivity contribution is 5.59. The number of nitrogens with zero attached hydrogens (tertiary/aromatic N) is 3. The predicted molar refractivity (Wildman–Crippen MR) is 106 cm³/mol. The minimum absolute atomic E-state index is 0.471. The summed E-state index contributed by atoms with van der Waals surface area (Å²) in [5, 5.41) is 12.3. The molecule has 0 saturated carbocycles. The molecule has 0 bridgehead atoms. The van der Waals surface area contributed by atoms with Gasteiger partial charge < -0.3 is 5.32 Å². The largest absolute Gasteiger partial charge is 0.366 e. The number of likely N-dealkylation sites (tertiary alicyclic amines) is 1. The second kappa shape index (κ2) is 8.11. The van der Waals surface area contributed by atoms with E-state index >= 15 is 0 Å². The van der Waals surface area contributed by atoms with E-state index in [2.05, 4.69) is 62.9 Å². The molecule has 26 heavy (non-hydrogen) atoms. The number of piperidine rings is 1. The van der Waals surface area contributed by atoms with Crippen molar-refractivity contribution in [1.82, 2.24) is 15.1 Å². The summed E-state index contributed by atoms with van der Waals surface area (Å²) in [5.41, 5.74) is 3.40. The van der Waals surface area contributed by atoms with Crippen molar-refractivity contribution >= 4 is 5.82 Å². The van der Waals surface area contributed by atoms with Crippen LogP contribution in [-0.2, 0) is 6.54 Å². The van der Waals surface area contributed by atoms with Crippen molar-refractivity contribution < 1.29 is 0 Å². The minimum atomic E-state index is 0.471. The molecule has 0 amide bonds. The van der Waals surface area contributed by atoms with Crippen molar-refractivity contribution in [1.29, 1.82) is 0 Å². The maximum absolute atomic E-state index is 4.36. The fourth-order valence-corrected chi connectivity index (χ4v) is 3.46. The number of benzene rings is 2. The zero-order chi connectivity index (χ0) is 17.6. The number of aromatic nitrogens is 2. The van der Waals surface area contributed by atoms with Gasteiger partial charge in [0.05, 0.1) is 5.69 Å². The first-order valence-electron chi connectivity index (χ1n) is 9.29. The summed E-state index contributed by atoms with van der Waals surface area (Å²) in [6, 6.07) is 25.4. The van der Waals surface area contributed by atoms with Crippen molar-refractivity contribution in [2.24, 2.45) is 0 Å². The lowest BCUT2D eigenvalue weighted by Gasteiger charge is -2.32. The second-order valence-corrected chi connectivity index (χ2v) is 6.85. The molecular weight excluding hydrogens is 320 g/mol. The topological polar surface area (TPSA) is 41.0 Å². The van der Waals surface area contributed by atoms with Crippen molar-refractivity contribution in [2.45, 2.75) is 25.4 Å². The van der Waals surface area contributed by atoms with E-state index < -0.39 is 0 Å². The molecule has 2 heterocycles. The lowest BCUT2D eigenvalue weighted by Crippen LogP contribution is -2.38. The Hall–Kier alpha value is -2.72. The van der Waals surface area contributed by atoms with Gasteiger partial charge in [0, 0.05) is 31.2 Å². The van der Waals surface area contributed by atoms with Gasteiger partial charge >= 0.3 is 0 Å². The summed E-state index contributed by atoms with van der Waals surface area (Å²) in [6.45, 7) is 3.27. The third-order valence-electron chi connectivity index (χ3n) is 4.92. The highest BCUT2D eigenvalue weighted by atomic mass is 15.2. The van der Waals surface area contributed by atoms with Crippen LogP contribution in [-0.4, -0.2) is 34.2 Å². The molecule has 132 valence electrons. The van der Waals surface area contributed by atoms with Crippen LogP contribution in [0, 0.1) is 0 Å². The van der Waals surface area contributed by atoms with Crippen molar-refractivity contribution in [3.05, 3.63) is 78.4 Å². The van der Waals surface area contributed by atoms with E-state index in [1.807, 2.05) is 30.3 Å². The summed E-state index contributed by atoms with van der Waals surface area (Å²) in [4.78, 5) is 2.53. The van der Waals surface area contributed by atoms with Crippen LogP contribution >= 0.6 is 0 Å². The van der Waals surface area contributed by atoms with E-state index in [9.17, 15) is 0 Å². The average molecular weight is 344 g/mol. The summed E-state index contributed by atoms with van der Waals surface area (Å²) in [7, 11) is 0. The standard InChI is InChI=1S/C22H24N4/c1-3-7-18(8-4-1)17-26-15-13-20(14-16-26)23-22-12-11-21(24-25-22)19-9-5-2-6-10-19/h1-12,20H,13-17H2,(H,23,25). The van der Waals surface area contributed by atoms with E-state index in [0.29, 0.717) is 6.04 Å². The smallest absolute Gasteiger partial charge is 0.148 e. The fraction of sp³-hybridized carbons (Fsp3) is 0.273. The molecule has 1 aliphatic rings. The molecule has 1 saturated heterocycles. The highest BCUT2D eigenvalue weighted by Crippen LogP contribution is 2.19. The van der Waals surface area contributed by atoms with Crippen LogP contribution in [0.25, 0.3) is 11.3 Å². The molecule has 0 unspecified atom stereocenters. The van der Waals surface area contributed by atoms with Crippen LogP contribution < -0.4 is 5.32 Å². The first-order valence-corrected chi connectivity index (χ1v) is 9.29. The van der Waals surface area contributed by atoms with Crippen molar-refractivity contribution in [3.8, 4) is 11.3 Å². The maximum atomic E-state index is 4.36. The molecule has 0 atom stereocenters. The molecule has 0 aliphatic carbocycles. The van der Waals surface area contributed by atoms with E-state index in [4.69, 9.17) is 0 Å². The van der Waals surface area contributed by atoms with Gasteiger partial charge in [-0.15, -0.1) is 10.2 Å². The van der Waals surface area contributed by atoms with Crippen molar-refractivity contribution in [2.75, 3.05) is 18.4 Å². The minimum Gasteiger partial charge on any atom is -0.366 e. The lowest BCUT2D eigenvalue weighted by atomic mass is 10.0. The van der Waals surface area contributed by atoms with Gasteiger partial charge in [0.25, 0.3) is 0 Å². The van der Waals surface area contributed by atoms with Crippen LogP contribution in [0.5, 0.6) is 0 Å². The van der Waals surface area contributed by atoms with E-state index in [-0.39, 0.29) is 0 Å². The molecule has 3 aromatic rings. The summed E-state index contributed by atoms with van der Waals surface area (Å²) in [5.74, 6) is 0.867. The molecular formula is C22H24N4. The van der Waals surface area contributed by atoms with Crippen molar-refractivity contribution in [3.63, 3.8) is 0 Å². The molecule has 1 aromatic heterocycles. The third-order valence-corrected chi connectivity index (χ3v) is 4.92. The first-order chi connectivity index (χ1) is 12.9. The SMILES string of the molecule is c1ccc(CN2CCC(Nc3ccc(-c4ccccc4)nn3)CC2)cc1. The molecule has 2 aromatic carbocycles. The zero-order valence-electron chi connectivity index (χ0n) is 14.9.